The summed E-state index contributed by atoms with van der Waals surface area (Å²) in [5.41, 5.74) is 1.90. The Balaban J connectivity index is 1.78. The monoisotopic (exact) mass is 400 g/mol. The zero-order chi connectivity index (χ0) is 20.0. The van der Waals surface area contributed by atoms with Crippen LogP contribution in [0.4, 0.5) is 0 Å². The normalized spacial score (nSPS) is 16.5. The van der Waals surface area contributed by atoms with Crippen molar-refractivity contribution in [3.8, 4) is 0 Å². The quantitative estimate of drug-likeness (QED) is 0.749. The fraction of sp³-hybridized carbons (Fsp3) is 0.409. The Morgan fingerprint density at radius 3 is 2.29 bits per heavy atom. The summed E-state index contributed by atoms with van der Waals surface area (Å²) in [5, 5.41) is 3.06. The highest BCUT2D eigenvalue weighted by Gasteiger charge is 2.28. The van der Waals surface area contributed by atoms with Gasteiger partial charge in [0.25, 0.3) is 0 Å². The molecule has 1 amide bonds. The molecule has 3 rings (SSSR count). The lowest BCUT2D eigenvalue weighted by atomic mass is 9.95. The Bertz CT molecular complexity index is 874. The van der Waals surface area contributed by atoms with Crippen molar-refractivity contribution in [1.82, 2.24) is 10.0 Å². The van der Waals surface area contributed by atoms with E-state index in [1.807, 2.05) is 37.3 Å². The first-order chi connectivity index (χ1) is 13.4. The molecule has 1 atom stereocenters. The average Bonchev–Trinajstić information content (AvgIpc) is 2.69. The second kappa shape index (κ2) is 9.34. The summed E-state index contributed by atoms with van der Waals surface area (Å²) in [6.45, 7) is 1.90. The van der Waals surface area contributed by atoms with Gasteiger partial charge in [-0.05, 0) is 43.9 Å². The standard InChI is InChI=1S/C22H28N2O3S/c1-17-12-14-20(15-13-17)28(26,27)24-21(16-18-8-4-2-5-9-18)22(25)23-19-10-6-3-7-11-19/h2,4-5,8-9,12-15,19,21,24H,3,6-7,10-11,16H2,1H3,(H,23,25)/t21-/m1/s1. The van der Waals surface area contributed by atoms with Gasteiger partial charge in [0.05, 0.1) is 4.90 Å². The van der Waals surface area contributed by atoms with Crippen molar-refractivity contribution in [3.63, 3.8) is 0 Å². The first kappa shape index (κ1) is 20.6. The van der Waals surface area contributed by atoms with Gasteiger partial charge in [-0.3, -0.25) is 4.79 Å². The molecule has 2 N–H and O–H groups in total. The molecule has 6 heteroatoms. The maximum absolute atomic E-state index is 12.9. The van der Waals surface area contributed by atoms with Crippen molar-refractivity contribution >= 4 is 15.9 Å². The minimum absolute atomic E-state index is 0.128. The summed E-state index contributed by atoms with van der Waals surface area (Å²) < 4.78 is 28.3. The molecule has 2 aromatic rings. The predicted molar refractivity (Wildman–Crippen MR) is 110 cm³/mol. The molecule has 28 heavy (non-hydrogen) atoms. The van der Waals surface area contributed by atoms with Crippen LogP contribution in [0.5, 0.6) is 0 Å². The molecule has 0 saturated heterocycles. The summed E-state index contributed by atoms with van der Waals surface area (Å²) in [5.74, 6) is -0.258. The van der Waals surface area contributed by atoms with Crippen LogP contribution in [0.25, 0.3) is 0 Å². The molecule has 1 saturated carbocycles. The number of aryl methyl sites for hydroxylation is 1. The Kier molecular flexibility index (Phi) is 6.86. The van der Waals surface area contributed by atoms with E-state index in [0.29, 0.717) is 6.42 Å². The van der Waals surface area contributed by atoms with Gasteiger partial charge in [0.2, 0.25) is 15.9 Å². The third-order valence-corrected chi connectivity index (χ3v) is 6.67. The fourth-order valence-electron chi connectivity index (χ4n) is 3.56. The van der Waals surface area contributed by atoms with Crippen LogP contribution >= 0.6 is 0 Å². The van der Waals surface area contributed by atoms with E-state index in [0.717, 1.165) is 36.8 Å². The van der Waals surface area contributed by atoms with Crippen LogP contribution in [0.3, 0.4) is 0 Å². The van der Waals surface area contributed by atoms with Crippen molar-refractivity contribution in [1.29, 1.82) is 0 Å². The maximum atomic E-state index is 12.9. The number of carbonyl (C=O) groups excluding carboxylic acids is 1. The van der Waals surface area contributed by atoms with E-state index in [1.54, 1.807) is 24.3 Å². The van der Waals surface area contributed by atoms with Gasteiger partial charge in [-0.1, -0.05) is 67.3 Å². The van der Waals surface area contributed by atoms with Crippen molar-refractivity contribution < 1.29 is 13.2 Å². The third-order valence-electron chi connectivity index (χ3n) is 5.18. The van der Waals surface area contributed by atoms with Gasteiger partial charge in [0.15, 0.2) is 0 Å². The molecule has 0 unspecified atom stereocenters. The molecule has 1 aliphatic carbocycles. The van der Waals surface area contributed by atoms with E-state index in [1.165, 1.54) is 6.42 Å². The number of carbonyl (C=O) groups is 1. The molecule has 0 radical (unpaired) electrons. The summed E-state index contributed by atoms with van der Waals surface area (Å²) in [7, 11) is -3.79. The van der Waals surface area contributed by atoms with Crippen molar-refractivity contribution in [2.45, 2.75) is 62.4 Å². The van der Waals surface area contributed by atoms with Crippen LogP contribution in [0.1, 0.15) is 43.2 Å². The van der Waals surface area contributed by atoms with Gasteiger partial charge in [-0.25, -0.2) is 8.42 Å². The lowest BCUT2D eigenvalue weighted by Gasteiger charge is -2.26. The molecule has 2 aromatic carbocycles. The predicted octanol–water partition coefficient (Wildman–Crippen LogP) is 3.33. The molecule has 0 aromatic heterocycles. The summed E-state index contributed by atoms with van der Waals surface area (Å²) in [6, 6.07) is 15.4. The lowest BCUT2D eigenvalue weighted by Crippen LogP contribution is -2.50. The maximum Gasteiger partial charge on any atom is 0.241 e. The zero-order valence-corrected chi connectivity index (χ0v) is 17.0. The highest BCUT2D eigenvalue weighted by molar-refractivity contribution is 7.89. The Morgan fingerprint density at radius 1 is 1.00 bits per heavy atom. The first-order valence-electron chi connectivity index (χ1n) is 9.87. The zero-order valence-electron chi connectivity index (χ0n) is 16.2. The van der Waals surface area contributed by atoms with Gasteiger partial charge in [-0.2, -0.15) is 4.72 Å². The number of amides is 1. The first-order valence-corrected chi connectivity index (χ1v) is 11.4. The minimum atomic E-state index is -3.79. The van der Waals surface area contributed by atoms with E-state index in [-0.39, 0.29) is 16.8 Å². The fourth-order valence-corrected chi connectivity index (χ4v) is 4.75. The van der Waals surface area contributed by atoms with Crippen LogP contribution < -0.4 is 10.0 Å². The van der Waals surface area contributed by atoms with Crippen LogP contribution in [0, 0.1) is 6.92 Å². The molecule has 0 spiro atoms. The lowest BCUT2D eigenvalue weighted by molar-refractivity contribution is -0.123. The molecular formula is C22H28N2O3S. The van der Waals surface area contributed by atoms with Gasteiger partial charge in [0, 0.05) is 6.04 Å². The number of hydrogen-bond donors (Lipinski definition) is 2. The Morgan fingerprint density at radius 2 is 1.64 bits per heavy atom. The number of rotatable bonds is 7. The molecule has 0 aliphatic heterocycles. The minimum Gasteiger partial charge on any atom is -0.352 e. The van der Waals surface area contributed by atoms with Crippen LogP contribution in [-0.2, 0) is 21.2 Å². The van der Waals surface area contributed by atoms with Crippen molar-refractivity contribution in [2.24, 2.45) is 0 Å². The number of hydrogen-bond acceptors (Lipinski definition) is 3. The average molecular weight is 401 g/mol. The van der Waals surface area contributed by atoms with Gasteiger partial charge >= 0.3 is 0 Å². The molecule has 0 bridgehead atoms. The second-order valence-corrected chi connectivity index (χ2v) is 9.23. The highest BCUT2D eigenvalue weighted by atomic mass is 32.2. The topological polar surface area (TPSA) is 75.3 Å². The second-order valence-electron chi connectivity index (χ2n) is 7.52. The SMILES string of the molecule is Cc1ccc(S(=O)(=O)N[C@H](Cc2ccccc2)C(=O)NC2CCCCC2)cc1. The summed E-state index contributed by atoms with van der Waals surface area (Å²) >= 11 is 0. The Hall–Kier alpha value is -2.18. The van der Waals surface area contributed by atoms with Crippen LogP contribution in [0.2, 0.25) is 0 Å². The van der Waals surface area contributed by atoms with Crippen molar-refractivity contribution in [2.75, 3.05) is 0 Å². The van der Waals surface area contributed by atoms with Gasteiger partial charge < -0.3 is 5.32 Å². The van der Waals surface area contributed by atoms with Gasteiger partial charge in [-0.15, -0.1) is 0 Å². The van der Waals surface area contributed by atoms with E-state index in [2.05, 4.69) is 10.0 Å². The largest absolute Gasteiger partial charge is 0.352 e. The molecule has 5 nitrogen and oxygen atoms in total. The van der Waals surface area contributed by atoms with Crippen molar-refractivity contribution in [3.05, 3.63) is 65.7 Å². The van der Waals surface area contributed by atoms with E-state index in [4.69, 9.17) is 0 Å². The third kappa shape index (κ3) is 5.66. The number of benzene rings is 2. The molecular weight excluding hydrogens is 372 g/mol. The Labute approximate surface area is 167 Å². The smallest absolute Gasteiger partial charge is 0.241 e. The van der Waals surface area contributed by atoms with Gasteiger partial charge in [0.1, 0.15) is 6.04 Å². The van der Waals surface area contributed by atoms with Crippen LogP contribution in [0.15, 0.2) is 59.5 Å². The molecule has 1 fully saturated rings. The van der Waals surface area contributed by atoms with E-state index >= 15 is 0 Å². The molecule has 0 heterocycles. The summed E-state index contributed by atoms with van der Waals surface area (Å²) in [4.78, 5) is 13.1. The number of nitrogens with one attached hydrogen (secondary N) is 2. The van der Waals surface area contributed by atoms with Crippen LogP contribution in [-0.4, -0.2) is 26.4 Å². The van der Waals surface area contributed by atoms with E-state index < -0.39 is 16.1 Å². The molecule has 1 aliphatic rings. The highest BCUT2D eigenvalue weighted by Crippen LogP contribution is 2.18. The molecule has 150 valence electrons. The van der Waals surface area contributed by atoms with E-state index in [9.17, 15) is 13.2 Å². The number of sulfonamides is 1. The summed E-state index contributed by atoms with van der Waals surface area (Å²) in [6.07, 6.45) is 5.61.